The molecule has 0 heterocycles. The number of rotatable bonds is 5. The van der Waals surface area contributed by atoms with Crippen LogP contribution < -0.4 is 16.4 Å². The van der Waals surface area contributed by atoms with Gasteiger partial charge in [-0.25, -0.2) is 0 Å². The molecule has 1 fully saturated rings. The quantitative estimate of drug-likeness (QED) is 0.843. The molecule has 1 aliphatic rings. The Kier molecular flexibility index (Phi) is 4.59. The first-order chi connectivity index (χ1) is 9.65. The molecule has 5 nitrogen and oxygen atoms in total. The molecule has 0 radical (unpaired) electrons. The molecule has 106 valence electrons. The lowest BCUT2D eigenvalue weighted by atomic mass is 10.1. The molecular formula is C15H20N4O. The van der Waals surface area contributed by atoms with Crippen molar-refractivity contribution in [2.24, 2.45) is 11.5 Å². The molecule has 0 spiro atoms. The smallest absolute Gasteiger partial charge is 0.236 e. The molecular weight excluding hydrogens is 252 g/mol. The second kappa shape index (κ2) is 6.40. The first-order valence-electron chi connectivity index (χ1n) is 6.93. The van der Waals surface area contributed by atoms with E-state index < -0.39 is 0 Å². The Morgan fingerprint density at radius 3 is 2.65 bits per heavy atom. The molecule has 20 heavy (non-hydrogen) atoms. The van der Waals surface area contributed by atoms with Crippen molar-refractivity contribution in [2.45, 2.75) is 38.3 Å². The number of nitrogens with zero attached hydrogens (tertiary/aromatic N) is 2. The minimum absolute atomic E-state index is 0.154. The molecule has 0 atom stereocenters. The van der Waals surface area contributed by atoms with E-state index in [1.807, 2.05) is 17.0 Å². The predicted molar refractivity (Wildman–Crippen MR) is 77.8 cm³/mol. The number of anilines is 1. The van der Waals surface area contributed by atoms with E-state index in [1.54, 1.807) is 6.07 Å². The SMILES string of the molecule is N#Cc1cc(CN)ccc1N(CC(N)=O)C1CCCC1. The molecule has 0 unspecified atom stereocenters. The van der Waals surface area contributed by atoms with Crippen LogP contribution in [0.1, 0.15) is 36.8 Å². The maximum absolute atomic E-state index is 11.3. The summed E-state index contributed by atoms with van der Waals surface area (Å²) in [7, 11) is 0. The molecule has 1 saturated carbocycles. The van der Waals surface area contributed by atoms with Gasteiger partial charge in [0.05, 0.1) is 17.8 Å². The van der Waals surface area contributed by atoms with Gasteiger partial charge in [0, 0.05) is 12.6 Å². The molecule has 0 aromatic heterocycles. The van der Waals surface area contributed by atoms with Gasteiger partial charge in [-0.2, -0.15) is 5.26 Å². The summed E-state index contributed by atoms with van der Waals surface area (Å²) in [5.41, 5.74) is 13.2. The fourth-order valence-electron chi connectivity index (χ4n) is 2.84. The third-order valence-corrected chi connectivity index (χ3v) is 3.82. The van der Waals surface area contributed by atoms with Crippen molar-refractivity contribution in [3.63, 3.8) is 0 Å². The Balaban J connectivity index is 2.37. The number of nitriles is 1. The largest absolute Gasteiger partial charge is 0.368 e. The molecule has 1 aromatic carbocycles. The van der Waals surface area contributed by atoms with Gasteiger partial charge in [-0.15, -0.1) is 0 Å². The van der Waals surface area contributed by atoms with Crippen LogP contribution in [0.15, 0.2) is 18.2 Å². The van der Waals surface area contributed by atoms with Crippen LogP contribution in [0.3, 0.4) is 0 Å². The fraction of sp³-hybridized carbons (Fsp3) is 0.467. The number of benzene rings is 1. The van der Waals surface area contributed by atoms with E-state index in [9.17, 15) is 10.1 Å². The van der Waals surface area contributed by atoms with E-state index >= 15 is 0 Å². The Hall–Kier alpha value is -2.06. The Morgan fingerprint density at radius 1 is 1.40 bits per heavy atom. The van der Waals surface area contributed by atoms with E-state index in [0.717, 1.165) is 36.9 Å². The minimum atomic E-state index is -0.372. The lowest BCUT2D eigenvalue weighted by molar-refractivity contribution is -0.116. The highest BCUT2D eigenvalue weighted by Crippen LogP contribution is 2.30. The summed E-state index contributed by atoms with van der Waals surface area (Å²) in [6.07, 6.45) is 4.39. The predicted octanol–water partition coefficient (Wildman–Crippen LogP) is 1.25. The number of hydrogen-bond donors (Lipinski definition) is 2. The van der Waals surface area contributed by atoms with Gasteiger partial charge in [-0.3, -0.25) is 4.79 Å². The van der Waals surface area contributed by atoms with Crippen molar-refractivity contribution in [1.82, 2.24) is 0 Å². The monoisotopic (exact) mass is 272 g/mol. The van der Waals surface area contributed by atoms with Crippen molar-refractivity contribution in [3.8, 4) is 6.07 Å². The highest BCUT2D eigenvalue weighted by Gasteiger charge is 2.25. The van der Waals surface area contributed by atoms with Crippen LogP contribution in [0.5, 0.6) is 0 Å². The van der Waals surface area contributed by atoms with Crippen LogP contribution in [0.2, 0.25) is 0 Å². The van der Waals surface area contributed by atoms with E-state index in [-0.39, 0.29) is 12.5 Å². The van der Waals surface area contributed by atoms with Crippen LogP contribution in [0.25, 0.3) is 0 Å². The number of carbonyl (C=O) groups excluding carboxylic acids is 1. The van der Waals surface area contributed by atoms with Gasteiger partial charge in [0.2, 0.25) is 5.91 Å². The molecule has 1 amide bonds. The van der Waals surface area contributed by atoms with Crippen molar-refractivity contribution in [1.29, 1.82) is 5.26 Å². The molecule has 0 aliphatic heterocycles. The van der Waals surface area contributed by atoms with Crippen LogP contribution in [0.4, 0.5) is 5.69 Å². The lowest BCUT2D eigenvalue weighted by Crippen LogP contribution is -2.40. The van der Waals surface area contributed by atoms with Gasteiger partial charge in [0.25, 0.3) is 0 Å². The number of amides is 1. The summed E-state index contributed by atoms with van der Waals surface area (Å²) in [6, 6.07) is 8.06. The summed E-state index contributed by atoms with van der Waals surface area (Å²) >= 11 is 0. The Morgan fingerprint density at radius 2 is 2.10 bits per heavy atom. The third-order valence-electron chi connectivity index (χ3n) is 3.82. The van der Waals surface area contributed by atoms with Crippen molar-refractivity contribution in [2.75, 3.05) is 11.4 Å². The number of nitrogens with two attached hydrogens (primary N) is 2. The van der Waals surface area contributed by atoms with E-state index in [4.69, 9.17) is 11.5 Å². The van der Waals surface area contributed by atoms with Crippen LogP contribution in [-0.4, -0.2) is 18.5 Å². The van der Waals surface area contributed by atoms with Gasteiger partial charge in [-0.05, 0) is 30.5 Å². The highest BCUT2D eigenvalue weighted by atomic mass is 16.1. The summed E-state index contributed by atoms with van der Waals surface area (Å²) in [6.45, 7) is 0.551. The van der Waals surface area contributed by atoms with Crippen LogP contribution in [0, 0.1) is 11.3 Å². The first kappa shape index (κ1) is 14.4. The van der Waals surface area contributed by atoms with Crippen molar-refractivity contribution >= 4 is 11.6 Å². The molecule has 1 aromatic rings. The van der Waals surface area contributed by atoms with E-state index in [0.29, 0.717) is 18.2 Å². The molecule has 0 saturated heterocycles. The maximum atomic E-state index is 11.3. The average Bonchev–Trinajstić information content (AvgIpc) is 2.98. The fourth-order valence-corrected chi connectivity index (χ4v) is 2.84. The highest BCUT2D eigenvalue weighted by molar-refractivity contribution is 5.80. The second-order valence-electron chi connectivity index (χ2n) is 5.20. The van der Waals surface area contributed by atoms with Gasteiger partial charge >= 0.3 is 0 Å². The maximum Gasteiger partial charge on any atom is 0.236 e. The first-order valence-corrected chi connectivity index (χ1v) is 6.93. The third kappa shape index (κ3) is 3.09. The summed E-state index contributed by atoms with van der Waals surface area (Å²) in [4.78, 5) is 13.3. The average molecular weight is 272 g/mol. The van der Waals surface area contributed by atoms with E-state index in [1.165, 1.54) is 0 Å². The van der Waals surface area contributed by atoms with Crippen LogP contribution in [-0.2, 0) is 11.3 Å². The van der Waals surface area contributed by atoms with Crippen molar-refractivity contribution in [3.05, 3.63) is 29.3 Å². The molecule has 5 heteroatoms. The minimum Gasteiger partial charge on any atom is -0.368 e. The van der Waals surface area contributed by atoms with E-state index in [2.05, 4.69) is 6.07 Å². The molecule has 2 rings (SSSR count). The number of hydrogen-bond acceptors (Lipinski definition) is 4. The standard InChI is InChI=1S/C15H20N4O/c16-8-11-5-6-14(12(7-11)9-17)19(10-15(18)20)13-3-1-2-4-13/h5-7,13H,1-4,8,10,16H2,(H2,18,20). The van der Waals surface area contributed by atoms with Gasteiger partial charge in [0.15, 0.2) is 0 Å². The molecule has 0 bridgehead atoms. The molecule has 1 aliphatic carbocycles. The normalized spacial score (nSPS) is 15.0. The zero-order valence-electron chi connectivity index (χ0n) is 11.5. The van der Waals surface area contributed by atoms with Crippen molar-refractivity contribution < 1.29 is 4.79 Å². The summed E-state index contributed by atoms with van der Waals surface area (Å²) < 4.78 is 0. The summed E-state index contributed by atoms with van der Waals surface area (Å²) in [5, 5.41) is 9.33. The summed E-state index contributed by atoms with van der Waals surface area (Å²) in [5.74, 6) is -0.372. The molecule has 4 N–H and O–H groups in total. The Bertz CT molecular complexity index is 529. The zero-order chi connectivity index (χ0) is 14.5. The zero-order valence-corrected chi connectivity index (χ0v) is 11.5. The van der Waals surface area contributed by atoms with Gasteiger partial charge in [-0.1, -0.05) is 18.9 Å². The second-order valence-corrected chi connectivity index (χ2v) is 5.20. The topological polar surface area (TPSA) is 96.1 Å². The number of primary amides is 1. The van der Waals surface area contributed by atoms with Gasteiger partial charge in [0.1, 0.15) is 6.07 Å². The Labute approximate surface area is 119 Å². The lowest BCUT2D eigenvalue weighted by Gasteiger charge is -2.30. The van der Waals surface area contributed by atoms with Crippen LogP contribution >= 0.6 is 0 Å². The number of carbonyl (C=O) groups is 1. The van der Waals surface area contributed by atoms with Gasteiger partial charge < -0.3 is 16.4 Å².